The monoisotopic (exact) mass is 307 g/mol. The summed E-state index contributed by atoms with van der Waals surface area (Å²) in [5, 5.41) is 18.6. The van der Waals surface area contributed by atoms with Crippen LogP contribution in [0.5, 0.6) is 5.75 Å². The number of nitrogens with zero attached hydrogens (tertiary/aromatic N) is 1. The first-order chi connectivity index (χ1) is 9.88. The van der Waals surface area contributed by atoms with Crippen LogP contribution in [0.15, 0.2) is 17.0 Å². The molecule has 21 heavy (non-hydrogen) atoms. The van der Waals surface area contributed by atoms with Crippen molar-refractivity contribution >= 4 is 29.7 Å². The van der Waals surface area contributed by atoms with Crippen molar-refractivity contribution in [2.75, 3.05) is 18.8 Å². The van der Waals surface area contributed by atoms with Gasteiger partial charge in [0.15, 0.2) is 0 Å². The van der Waals surface area contributed by atoms with Gasteiger partial charge in [-0.05, 0) is 48.7 Å². The summed E-state index contributed by atoms with van der Waals surface area (Å²) in [7, 11) is 0. The number of thioether (sulfide) groups is 1. The average molecular weight is 307 g/mol. The van der Waals surface area contributed by atoms with Crippen molar-refractivity contribution in [2.45, 2.75) is 13.8 Å². The summed E-state index contributed by atoms with van der Waals surface area (Å²) in [4.78, 5) is 24.9. The predicted octanol–water partition coefficient (Wildman–Crippen LogP) is 2.01. The molecule has 1 aromatic carbocycles. The molecule has 5 nitrogen and oxygen atoms in total. The van der Waals surface area contributed by atoms with Crippen LogP contribution in [-0.2, 0) is 9.59 Å². The largest absolute Gasteiger partial charge is 0.507 e. The molecule has 1 aliphatic heterocycles. The van der Waals surface area contributed by atoms with Crippen LogP contribution in [0, 0.1) is 13.8 Å². The molecule has 1 aromatic rings. The summed E-state index contributed by atoms with van der Waals surface area (Å²) in [6.45, 7) is 3.78. The Labute approximate surface area is 127 Å². The first-order valence-electron chi connectivity index (χ1n) is 6.54. The fourth-order valence-corrected chi connectivity index (χ4v) is 3.23. The van der Waals surface area contributed by atoms with Crippen molar-refractivity contribution in [3.8, 4) is 5.75 Å². The lowest BCUT2D eigenvalue weighted by Gasteiger charge is -2.26. The maximum absolute atomic E-state index is 12.2. The van der Waals surface area contributed by atoms with Gasteiger partial charge in [-0.15, -0.1) is 11.8 Å². The number of hydrogen-bond acceptors (Lipinski definition) is 4. The summed E-state index contributed by atoms with van der Waals surface area (Å²) in [6, 6.07) is 3.61. The van der Waals surface area contributed by atoms with E-state index in [9.17, 15) is 14.7 Å². The number of hydrogen-bond donors (Lipinski definition) is 2. The molecule has 0 saturated carbocycles. The SMILES string of the molecule is Cc1cc(/C=C2/SCCN(CC(=O)O)C2=O)cc(C)c1O. The van der Waals surface area contributed by atoms with Gasteiger partial charge in [0.05, 0.1) is 4.91 Å². The minimum atomic E-state index is -1.01. The molecule has 0 atom stereocenters. The molecule has 0 aliphatic carbocycles. The Bertz CT molecular complexity index is 601. The van der Waals surface area contributed by atoms with Crippen molar-refractivity contribution < 1.29 is 19.8 Å². The average Bonchev–Trinajstić information content (AvgIpc) is 2.40. The zero-order valence-electron chi connectivity index (χ0n) is 11.9. The Morgan fingerprint density at radius 2 is 2.00 bits per heavy atom. The van der Waals surface area contributed by atoms with Gasteiger partial charge in [0.2, 0.25) is 0 Å². The number of phenols is 1. The first-order valence-corrected chi connectivity index (χ1v) is 7.53. The predicted molar refractivity (Wildman–Crippen MR) is 82.2 cm³/mol. The molecule has 0 unspecified atom stereocenters. The van der Waals surface area contributed by atoms with E-state index in [0.29, 0.717) is 17.2 Å². The second-order valence-electron chi connectivity index (χ2n) is 4.98. The molecule has 1 amide bonds. The quantitative estimate of drug-likeness (QED) is 0.835. The molecule has 0 spiro atoms. The number of carbonyl (C=O) groups is 2. The van der Waals surface area contributed by atoms with Crippen LogP contribution in [0.25, 0.3) is 6.08 Å². The topological polar surface area (TPSA) is 77.8 Å². The summed E-state index contributed by atoms with van der Waals surface area (Å²) < 4.78 is 0. The van der Waals surface area contributed by atoms with Crippen molar-refractivity contribution in [3.63, 3.8) is 0 Å². The Kier molecular flexibility index (Phi) is 4.57. The normalized spacial score (nSPS) is 17.3. The van der Waals surface area contributed by atoms with Crippen molar-refractivity contribution in [2.24, 2.45) is 0 Å². The molecule has 1 aliphatic rings. The summed E-state index contributed by atoms with van der Waals surface area (Å²) >= 11 is 1.43. The number of carboxylic acid groups (broad SMARTS) is 1. The Balaban J connectivity index is 2.28. The zero-order valence-corrected chi connectivity index (χ0v) is 12.7. The van der Waals surface area contributed by atoms with E-state index in [0.717, 1.165) is 16.7 Å². The van der Waals surface area contributed by atoms with Crippen LogP contribution in [0.4, 0.5) is 0 Å². The van der Waals surface area contributed by atoms with Gasteiger partial charge >= 0.3 is 5.97 Å². The molecular formula is C15H17NO4S. The molecule has 1 heterocycles. The van der Waals surface area contributed by atoms with Crippen molar-refractivity contribution in [1.82, 2.24) is 4.90 Å². The number of aromatic hydroxyl groups is 1. The number of benzene rings is 1. The highest BCUT2D eigenvalue weighted by Crippen LogP contribution is 2.29. The fourth-order valence-electron chi connectivity index (χ4n) is 2.23. The van der Waals surface area contributed by atoms with E-state index in [4.69, 9.17) is 5.11 Å². The van der Waals surface area contributed by atoms with Gasteiger partial charge in [-0.2, -0.15) is 0 Å². The van der Waals surface area contributed by atoms with Crippen LogP contribution in [-0.4, -0.2) is 45.8 Å². The van der Waals surface area contributed by atoms with Crippen LogP contribution >= 0.6 is 11.8 Å². The van der Waals surface area contributed by atoms with Crippen molar-refractivity contribution in [1.29, 1.82) is 0 Å². The van der Waals surface area contributed by atoms with E-state index in [1.165, 1.54) is 16.7 Å². The number of carbonyl (C=O) groups excluding carboxylic acids is 1. The lowest BCUT2D eigenvalue weighted by molar-refractivity contribution is -0.142. The van der Waals surface area contributed by atoms with Gasteiger partial charge in [-0.3, -0.25) is 9.59 Å². The number of aliphatic carboxylic acids is 1. The van der Waals surface area contributed by atoms with E-state index in [-0.39, 0.29) is 18.2 Å². The molecule has 0 radical (unpaired) electrons. The second kappa shape index (κ2) is 6.22. The number of phenolic OH excluding ortho intramolecular Hbond substituents is 1. The molecular weight excluding hydrogens is 290 g/mol. The lowest BCUT2D eigenvalue weighted by atomic mass is 10.1. The minimum Gasteiger partial charge on any atom is -0.507 e. The van der Waals surface area contributed by atoms with E-state index in [1.54, 1.807) is 32.1 Å². The summed E-state index contributed by atoms with van der Waals surface area (Å²) in [5.74, 6) is -0.323. The molecule has 112 valence electrons. The second-order valence-corrected chi connectivity index (χ2v) is 6.12. The first kappa shape index (κ1) is 15.4. The van der Waals surface area contributed by atoms with Gasteiger partial charge in [0.25, 0.3) is 5.91 Å². The van der Waals surface area contributed by atoms with E-state index in [1.807, 2.05) is 0 Å². The molecule has 0 bridgehead atoms. The van der Waals surface area contributed by atoms with Crippen LogP contribution in [0.3, 0.4) is 0 Å². The number of aryl methyl sites for hydroxylation is 2. The van der Waals surface area contributed by atoms with Gasteiger partial charge in [-0.25, -0.2) is 0 Å². The van der Waals surface area contributed by atoms with Gasteiger partial charge in [0, 0.05) is 12.3 Å². The minimum absolute atomic E-state index is 0.253. The van der Waals surface area contributed by atoms with Crippen molar-refractivity contribution in [3.05, 3.63) is 33.7 Å². The zero-order chi connectivity index (χ0) is 15.6. The van der Waals surface area contributed by atoms with E-state index >= 15 is 0 Å². The highest BCUT2D eigenvalue weighted by molar-refractivity contribution is 8.04. The maximum Gasteiger partial charge on any atom is 0.323 e. The van der Waals surface area contributed by atoms with Crippen LogP contribution < -0.4 is 0 Å². The highest BCUT2D eigenvalue weighted by Gasteiger charge is 2.25. The Morgan fingerprint density at radius 1 is 1.38 bits per heavy atom. The molecule has 0 aromatic heterocycles. The Morgan fingerprint density at radius 3 is 2.57 bits per heavy atom. The van der Waals surface area contributed by atoms with Gasteiger partial charge in [0.1, 0.15) is 12.3 Å². The standard InChI is InChI=1S/C15H17NO4S/c1-9-5-11(6-10(2)14(9)19)7-12-15(20)16(3-4-21-12)8-13(17)18/h5-7,19H,3-4,8H2,1-2H3,(H,17,18)/b12-7+. The van der Waals surface area contributed by atoms with Gasteiger partial charge in [-0.1, -0.05) is 0 Å². The lowest BCUT2D eigenvalue weighted by Crippen LogP contribution is -2.40. The maximum atomic E-state index is 12.2. The van der Waals surface area contributed by atoms with E-state index in [2.05, 4.69) is 0 Å². The van der Waals surface area contributed by atoms with Crippen LogP contribution in [0.2, 0.25) is 0 Å². The molecule has 1 fully saturated rings. The smallest absolute Gasteiger partial charge is 0.323 e. The third-order valence-corrected chi connectivity index (χ3v) is 4.24. The number of rotatable bonds is 3. The number of amides is 1. The third-order valence-electron chi connectivity index (χ3n) is 3.25. The van der Waals surface area contributed by atoms with E-state index < -0.39 is 5.97 Å². The Hall–Kier alpha value is -1.95. The molecule has 2 N–H and O–H groups in total. The third kappa shape index (κ3) is 3.58. The fraction of sp³-hybridized carbons (Fsp3) is 0.333. The summed E-state index contributed by atoms with van der Waals surface area (Å²) in [6.07, 6.45) is 1.75. The van der Waals surface area contributed by atoms with Crippen LogP contribution in [0.1, 0.15) is 16.7 Å². The molecule has 2 rings (SSSR count). The molecule has 1 saturated heterocycles. The summed E-state index contributed by atoms with van der Waals surface area (Å²) in [5.41, 5.74) is 2.32. The highest BCUT2D eigenvalue weighted by atomic mass is 32.2. The van der Waals surface area contributed by atoms with Gasteiger partial charge < -0.3 is 15.1 Å². The number of carboxylic acids is 1. The molecule has 6 heteroatoms.